The normalized spacial score (nSPS) is 15.3. The SMILES string of the molecule is CCOC(=O)C1=C(Nc2ccc3c(c2)c2cc(Cl)ccc2n3CC)C(=O)OC1c1ccc([N+](=O)[O-])cc1. The Hall–Kier alpha value is -4.37. The summed E-state index contributed by atoms with van der Waals surface area (Å²) in [6.07, 6.45) is -1.07. The van der Waals surface area contributed by atoms with Crippen molar-refractivity contribution in [1.82, 2.24) is 4.57 Å². The molecule has 9 nitrogen and oxygen atoms in total. The number of fused-ring (bicyclic) bond motifs is 3. The molecule has 0 spiro atoms. The fourth-order valence-corrected chi connectivity index (χ4v) is 4.82. The molecule has 1 aliphatic rings. The summed E-state index contributed by atoms with van der Waals surface area (Å²) in [6.45, 7) is 4.57. The van der Waals surface area contributed by atoms with Gasteiger partial charge >= 0.3 is 11.9 Å². The number of nitro groups is 1. The molecule has 0 fully saturated rings. The van der Waals surface area contributed by atoms with Crippen LogP contribution in [0.15, 0.2) is 71.9 Å². The number of ether oxygens (including phenoxy) is 2. The summed E-state index contributed by atoms with van der Waals surface area (Å²) >= 11 is 6.27. The summed E-state index contributed by atoms with van der Waals surface area (Å²) in [5.41, 5.74) is 2.85. The van der Waals surface area contributed by atoms with Crippen LogP contribution in [-0.4, -0.2) is 28.0 Å². The second-order valence-corrected chi connectivity index (χ2v) is 8.84. The Labute approximate surface area is 216 Å². The van der Waals surface area contributed by atoms with Crippen LogP contribution >= 0.6 is 11.6 Å². The predicted octanol–water partition coefficient (Wildman–Crippen LogP) is 5.90. The molecule has 0 amide bonds. The number of hydrogen-bond acceptors (Lipinski definition) is 7. The third-order valence-electron chi connectivity index (χ3n) is 6.28. The van der Waals surface area contributed by atoms with E-state index in [1.807, 2.05) is 36.4 Å². The maximum atomic E-state index is 12.9. The van der Waals surface area contributed by atoms with E-state index in [4.69, 9.17) is 21.1 Å². The van der Waals surface area contributed by atoms with Crippen molar-refractivity contribution in [1.29, 1.82) is 0 Å². The lowest BCUT2D eigenvalue weighted by Gasteiger charge is -2.13. The maximum absolute atomic E-state index is 12.9. The number of nitrogens with one attached hydrogen (secondary N) is 1. The first kappa shape index (κ1) is 24.3. The second-order valence-electron chi connectivity index (χ2n) is 8.41. The summed E-state index contributed by atoms with van der Waals surface area (Å²) in [4.78, 5) is 36.4. The molecule has 2 heterocycles. The summed E-state index contributed by atoms with van der Waals surface area (Å²) in [7, 11) is 0. The zero-order valence-corrected chi connectivity index (χ0v) is 20.7. The lowest BCUT2D eigenvalue weighted by Crippen LogP contribution is -2.16. The molecule has 0 bridgehead atoms. The molecule has 1 N–H and O–H groups in total. The van der Waals surface area contributed by atoms with Crippen molar-refractivity contribution in [2.75, 3.05) is 11.9 Å². The van der Waals surface area contributed by atoms with Gasteiger partial charge in [-0.05, 0) is 67.9 Å². The molecule has 1 atom stereocenters. The van der Waals surface area contributed by atoms with E-state index in [1.54, 1.807) is 6.92 Å². The quantitative estimate of drug-likeness (QED) is 0.183. The number of aromatic nitrogens is 1. The molecule has 1 unspecified atom stereocenters. The lowest BCUT2D eigenvalue weighted by molar-refractivity contribution is -0.384. The molecule has 0 saturated heterocycles. The number of carbonyl (C=O) groups excluding carboxylic acids is 2. The van der Waals surface area contributed by atoms with Gasteiger partial charge in [-0.3, -0.25) is 10.1 Å². The standard InChI is InChI=1S/C27H22ClN3O6/c1-3-30-21-11-7-16(28)13-19(21)20-14-17(8-12-22(20)30)29-24-23(26(32)36-4-2)25(37-27(24)33)15-5-9-18(10-6-15)31(34)35/h5-14,25,29H,3-4H2,1-2H3. The number of hydrogen-bond donors (Lipinski definition) is 1. The first-order valence-electron chi connectivity index (χ1n) is 11.7. The third kappa shape index (κ3) is 4.27. The number of rotatable bonds is 7. The van der Waals surface area contributed by atoms with Gasteiger partial charge < -0.3 is 19.4 Å². The molecule has 1 aromatic heterocycles. The average Bonchev–Trinajstić information content (AvgIpc) is 3.37. The Balaban J connectivity index is 1.59. The summed E-state index contributed by atoms with van der Waals surface area (Å²) < 4.78 is 12.9. The van der Waals surface area contributed by atoms with E-state index in [9.17, 15) is 19.7 Å². The fraction of sp³-hybridized carbons (Fsp3) is 0.185. The molecule has 0 aliphatic carbocycles. The van der Waals surface area contributed by atoms with Crippen LogP contribution in [0.4, 0.5) is 11.4 Å². The van der Waals surface area contributed by atoms with Crippen molar-refractivity contribution in [2.45, 2.75) is 26.5 Å². The van der Waals surface area contributed by atoms with Gasteiger partial charge in [0.05, 0.1) is 11.5 Å². The fourth-order valence-electron chi connectivity index (χ4n) is 4.65. The first-order chi connectivity index (χ1) is 17.8. The van der Waals surface area contributed by atoms with E-state index in [-0.39, 0.29) is 23.6 Å². The monoisotopic (exact) mass is 519 g/mol. The van der Waals surface area contributed by atoms with Crippen molar-refractivity contribution >= 4 is 56.7 Å². The highest BCUT2D eigenvalue weighted by Gasteiger charge is 2.40. The zero-order valence-electron chi connectivity index (χ0n) is 20.0. The summed E-state index contributed by atoms with van der Waals surface area (Å²) in [5, 5.41) is 16.6. The van der Waals surface area contributed by atoms with E-state index >= 15 is 0 Å². The van der Waals surface area contributed by atoms with Crippen molar-refractivity contribution in [3.8, 4) is 0 Å². The molecule has 10 heteroatoms. The number of cyclic esters (lactones) is 1. The second kappa shape index (κ2) is 9.59. The van der Waals surface area contributed by atoms with Crippen molar-refractivity contribution in [2.24, 2.45) is 0 Å². The number of halogens is 1. The third-order valence-corrected chi connectivity index (χ3v) is 6.51. The van der Waals surface area contributed by atoms with Gasteiger partial charge in [0.25, 0.3) is 5.69 Å². The molecule has 188 valence electrons. The predicted molar refractivity (Wildman–Crippen MR) is 139 cm³/mol. The molecule has 4 aromatic rings. The van der Waals surface area contributed by atoms with Crippen LogP contribution in [0.25, 0.3) is 21.8 Å². The van der Waals surface area contributed by atoms with Crippen LogP contribution in [-0.2, 0) is 25.6 Å². The van der Waals surface area contributed by atoms with Crippen LogP contribution in [0, 0.1) is 10.1 Å². The van der Waals surface area contributed by atoms with Gasteiger partial charge in [0.15, 0.2) is 6.10 Å². The minimum atomic E-state index is -1.07. The molecular formula is C27H22ClN3O6. The van der Waals surface area contributed by atoms with E-state index in [2.05, 4.69) is 16.8 Å². The first-order valence-corrected chi connectivity index (χ1v) is 12.0. The maximum Gasteiger partial charge on any atom is 0.356 e. The number of aryl methyl sites for hydroxylation is 1. The van der Waals surface area contributed by atoms with E-state index in [0.29, 0.717) is 16.3 Å². The van der Waals surface area contributed by atoms with Crippen molar-refractivity contribution < 1.29 is 24.0 Å². The Morgan fingerprint density at radius 1 is 1.08 bits per heavy atom. The number of nitro benzene ring substituents is 1. The number of carbonyl (C=O) groups is 2. The molecule has 3 aromatic carbocycles. The smallest absolute Gasteiger partial charge is 0.356 e. The Morgan fingerprint density at radius 3 is 2.41 bits per heavy atom. The van der Waals surface area contributed by atoms with Gasteiger partial charge in [-0.25, -0.2) is 9.59 Å². The Kier molecular flexibility index (Phi) is 6.31. The summed E-state index contributed by atoms with van der Waals surface area (Å²) in [6, 6.07) is 16.8. The van der Waals surface area contributed by atoms with E-state index in [0.717, 1.165) is 28.4 Å². The van der Waals surface area contributed by atoms with Gasteiger partial charge in [0.1, 0.15) is 11.3 Å². The summed E-state index contributed by atoms with van der Waals surface area (Å²) in [5.74, 6) is -1.44. The number of benzene rings is 3. The zero-order chi connectivity index (χ0) is 26.3. The molecule has 1 aliphatic heterocycles. The van der Waals surface area contributed by atoms with E-state index in [1.165, 1.54) is 24.3 Å². The lowest BCUT2D eigenvalue weighted by atomic mass is 10.0. The topological polar surface area (TPSA) is 113 Å². The van der Waals surface area contributed by atoms with Gasteiger partial charge in [-0.2, -0.15) is 0 Å². The largest absolute Gasteiger partial charge is 0.462 e. The number of non-ortho nitro benzene ring substituents is 1. The molecule has 5 rings (SSSR count). The van der Waals surface area contributed by atoms with Gasteiger partial charge in [-0.15, -0.1) is 0 Å². The Bertz CT molecular complexity index is 1610. The minimum absolute atomic E-state index is 0.000157. The number of nitrogens with zero attached hydrogens (tertiary/aromatic N) is 2. The highest BCUT2D eigenvalue weighted by Crippen LogP contribution is 2.38. The van der Waals surface area contributed by atoms with Crippen LogP contribution < -0.4 is 5.32 Å². The van der Waals surface area contributed by atoms with Gasteiger partial charge in [-0.1, -0.05) is 11.6 Å². The van der Waals surface area contributed by atoms with Crippen LogP contribution in [0.3, 0.4) is 0 Å². The highest BCUT2D eigenvalue weighted by atomic mass is 35.5. The molecule has 0 saturated carbocycles. The van der Waals surface area contributed by atoms with Gasteiger partial charge in [0.2, 0.25) is 0 Å². The van der Waals surface area contributed by atoms with Gasteiger partial charge in [0, 0.05) is 51.2 Å². The highest BCUT2D eigenvalue weighted by molar-refractivity contribution is 6.32. The van der Waals surface area contributed by atoms with Crippen LogP contribution in [0.2, 0.25) is 5.02 Å². The number of anilines is 1. The average molecular weight is 520 g/mol. The van der Waals surface area contributed by atoms with Crippen LogP contribution in [0.5, 0.6) is 0 Å². The van der Waals surface area contributed by atoms with Crippen molar-refractivity contribution in [3.05, 3.63) is 92.6 Å². The van der Waals surface area contributed by atoms with Crippen molar-refractivity contribution in [3.63, 3.8) is 0 Å². The molecular weight excluding hydrogens is 498 g/mol. The minimum Gasteiger partial charge on any atom is -0.462 e. The molecule has 37 heavy (non-hydrogen) atoms. The number of esters is 2. The Morgan fingerprint density at radius 2 is 1.76 bits per heavy atom. The van der Waals surface area contributed by atoms with Crippen LogP contribution in [0.1, 0.15) is 25.5 Å². The molecule has 0 radical (unpaired) electrons. The van der Waals surface area contributed by atoms with E-state index < -0.39 is 23.0 Å².